The van der Waals surface area contributed by atoms with Gasteiger partial charge >= 0.3 is 0 Å². The fourth-order valence-corrected chi connectivity index (χ4v) is 2.10. The molecule has 1 heterocycles. The number of aromatic amines is 1. The number of hydrogen-bond acceptors (Lipinski definition) is 3. The van der Waals surface area contributed by atoms with Crippen LogP contribution in [0.3, 0.4) is 0 Å². The van der Waals surface area contributed by atoms with Gasteiger partial charge in [0.1, 0.15) is 0 Å². The summed E-state index contributed by atoms with van der Waals surface area (Å²) >= 11 is 5.21. The van der Waals surface area contributed by atoms with Crippen LogP contribution in [0.25, 0.3) is 0 Å². The van der Waals surface area contributed by atoms with Gasteiger partial charge in [-0.15, -0.1) is 5.10 Å². The molecule has 0 aliphatic rings. The van der Waals surface area contributed by atoms with Crippen molar-refractivity contribution in [3.05, 3.63) is 35.1 Å². The molecule has 4 nitrogen and oxygen atoms in total. The highest BCUT2D eigenvalue weighted by Crippen LogP contribution is 2.22. The van der Waals surface area contributed by atoms with Crippen molar-refractivity contribution in [1.82, 2.24) is 14.8 Å². The van der Waals surface area contributed by atoms with Crippen LogP contribution >= 0.6 is 12.2 Å². The first-order valence-corrected chi connectivity index (χ1v) is 6.16. The third-order valence-corrected chi connectivity index (χ3v) is 2.99. The van der Waals surface area contributed by atoms with Crippen LogP contribution < -0.4 is 4.90 Å². The average molecular weight is 248 g/mol. The largest absolute Gasteiger partial charge is 0.311 e. The molecule has 0 spiro atoms. The molecule has 2 rings (SSSR count). The Morgan fingerprint density at radius 3 is 2.59 bits per heavy atom. The molecule has 0 saturated heterocycles. The number of nitrogens with zero attached hydrogens (tertiary/aromatic N) is 3. The van der Waals surface area contributed by atoms with Crippen molar-refractivity contribution >= 4 is 23.9 Å². The molecule has 0 radical (unpaired) electrons. The number of para-hydroxylation sites is 1. The molecule has 0 aliphatic heterocycles. The number of benzene rings is 1. The standard InChI is InChI=1S/C12H16N4S/c1-3-15(10-8-6-5-7-9-10)11-13-14-12(17)16(11)4-2/h5-9H,3-4H2,1-2H3,(H,14,17). The van der Waals surface area contributed by atoms with Gasteiger partial charge in [0, 0.05) is 18.8 Å². The Kier molecular flexibility index (Phi) is 3.58. The van der Waals surface area contributed by atoms with Crippen LogP contribution in [0.2, 0.25) is 0 Å². The summed E-state index contributed by atoms with van der Waals surface area (Å²) < 4.78 is 2.66. The molecule has 1 N–H and O–H groups in total. The predicted molar refractivity (Wildman–Crippen MR) is 72.2 cm³/mol. The van der Waals surface area contributed by atoms with Gasteiger partial charge in [0.25, 0.3) is 0 Å². The van der Waals surface area contributed by atoms with Crippen LogP contribution in [-0.4, -0.2) is 21.3 Å². The highest BCUT2D eigenvalue weighted by Gasteiger charge is 2.13. The van der Waals surface area contributed by atoms with Crippen LogP contribution in [-0.2, 0) is 6.54 Å². The van der Waals surface area contributed by atoms with E-state index in [-0.39, 0.29) is 0 Å². The van der Waals surface area contributed by atoms with Crippen LogP contribution in [0, 0.1) is 4.77 Å². The molecule has 0 atom stereocenters. The molecule has 0 bridgehead atoms. The Bertz CT molecular complexity index is 529. The lowest BCUT2D eigenvalue weighted by Crippen LogP contribution is -2.20. The summed E-state index contributed by atoms with van der Waals surface area (Å²) in [4.78, 5) is 2.13. The maximum absolute atomic E-state index is 5.21. The van der Waals surface area contributed by atoms with Crippen molar-refractivity contribution in [2.24, 2.45) is 0 Å². The minimum Gasteiger partial charge on any atom is -0.311 e. The molecule has 0 fully saturated rings. The van der Waals surface area contributed by atoms with Gasteiger partial charge in [-0.25, -0.2) is 5.10 Å². The number of anilines is 2. The first-order chi connectivity index (χ1) is 8.27. The van der Waals surface area contributed by atoms with Crippen LogP contribution in [0.15, 0.2) is 30.3 Å². The number of hydrogen-bond donors (Lipinski definition) is 1. The summed E-state index contributed by atoms with van der Waals surface area (Å²) in [6.45, 7) is 5.83. The fourth-order valence-electron chi connectivity index (χ4n) is 1.85. The van der Waals surface area contributed by atoms with E-state index in [1.54, 1.807) is 0 Å². The van der Waals surface area contributed by atoms with E-state index >= 15 is 0 Å². The van der Waals surface area contributed by atoms with Gasteiger partial charge in [0.15, 0.2) is 4.77 Å². The lowest BCUT2D eigenvalue weighted by molar-refractivity contribution is 0.733. The lowest BCUT2D eigenvalue weighted by Gasteiger charge is -2.21. The van der Waals surface area contributed by atoms with Crippen molar-refractivity contribution in [2.45, 2.75) is 20.4 Å². The van der Waals surface area contributed by atoms with Gasteiger partial charge in [0.2, 0.25) is 5.95 Å². The van der Waals surface area contributed by atoms with E-state index in [2.05, 4.69) is 41.1 Å². The second kappa shape index (κ2) is 5.14. The number of aromatic nitrogens is 3. The fraction of sp³-hybridized carbons (Fsp3) is 0.333. The Balaban J connectivity index is 2.46. The summed E-state index contributed by atoms with van der Waals surface area (Å²) in [5.41, 5.74) is 1.12. The average Bonchev–Trinajstić information content (AvgIpc) is 2.73. The lowest BCUT2D eigenvalue weighted by atomic mass is 10.3. The van der Waals surface area contributed by atoms with Crippen molar-refractivity contribution in [2.75, 3.05) is 11.4 Å². The molecular formula is C12H16N4S. The van der Waals surface area contributed by atoms with Crippen molar-refractivity contribution in [3.8, 4) is 0 Å². The van der Waals surface area contributed by atoms with Gasteiger partial charge in [-0.1, -0.05) is 18.2 Å². The Morgan fingerprint density at radius 2 is 2.00 bits per heavy atom. The maximum atomic E-state index is 5.21. The quantitative estimate of drug-likeness (QED) is 0.845. The van der Waals surface area contributed by atoms with E-state index in [4.69, 9.17) is 12.2 Å². The molecule has 5 heteroatoms. The van der Waals surface area contributed by atoms with E-state index in [0.717, 1.165) is 24.7 Å². The molecule has 0 amide bonds. The molecule has 0 saturated carbocycles. The summed E-state index contributed by atoms with van der Waals surface area (Å²) in [5.74, 6) is 0.867. The molecule has 2 aromatic rings. The van der Waals surface area contributed by atoms with Crippen molar-refractivity contribution in [1.29, 1.82) is 0 Å². The minimum absolute atomic E-state index is 0.664. The minimum atomic E-state index is 0.664. The Hall–Kier alpha value is -1.62. The van der Waals surface area contributed by atoms with Crippen LogP contribution in [0.4, 0.5) is 11.6 Å². The topological polar surface area (TPSA) is 36.9 Å². The predicted octanol–water partition coefficient (Wildman–Crippen LogP) is 3.12. The van der Waals surface area contributed by atoms with Gasteiger partial charge in [-0.3, -0.25) is 4.57 Å². The Morgan fingerprint density at radius 1 is 1.29 bits per heavy atom. The smallest absolute Gasteiger partial charge is 0.230 e. The van der Waals surface area contributed by atoms with E-state index in [0.29, 0.717) is 4.77 Å². The molecule has 90 valence electrons. The second-order valence-corrected chi connectivity index (χ2v) is 4.04. The Labute approximate surface area is 106 Å². The highest BCUT2D eigenvalue weighted by molar-refractivity contribution is 7.71. The van der Waals surface area contributed by atoms with Crippen molar-refractivity contribution < 1.29 is 0 Å². The zero-order valence-corrected chi connectivity index (χ0v) is 10.9. The SMILES string of the molecule is CCN(c1ccccc1)c1n[nH]c(=S)n1CC. The zero-order chi connectivity index (χ0) is 12.3. The van der Waals surface area contributed by atoms with E-state index in [9.17, 15) is 0 Å². The molecule has 17 heavy (non-hydrogen) atoms. The van der Waals surface area contributed by atoms with Crippen molar-refractivity contribution in [3.63, 3.8) is 0 Å². The molecule has 0 unspecified atom stereocenters. The van der Waals surface area contributed by atoms with E-state index in [1.165, 1.54) is 0 Å². The molecular weight excluding hydrogens is 232 g/mol. The first-order valence-electron chi connectivity index (χ1n) is 5.75. The summed E-state index contributed by atoms with van der Waals surface area (Å²) in [7, 11) is 0. The molecule has 1 aromatic heterocycles. The monoisotopic (exact) mass is 248 g/mol. The number of H-pyrrole nitrogens is 1. The number of nitrogens with one attached hydrogen (secondary N) is 1. The second-order valence-electron chi connectivity index (χ2n) is 3.65. The number of rotatable bonds is 4. The zero-order valence-electron chi connectivity index (χ0n) is 10.1. The van der Waals surface area contributed by atoms with Gasteiger partial charge in [-0.05, 0) is 38.2 Å². The summed E-state index contributed by atoms with van der Waals surface area (Å²) in [6.07, 6.45) is 0. The highest BCUT2D eigenvalue weighted by atomic mass is 32.1. The van der Waals surface area contributed by atoms with E-state index in [1.807, 2.05) is 22.8 Å². The van der Waals surface area contributed by atoms with E-state index < -0.39 is 0 Å². The van der Waals surface area contributed by atoms with Gasteiger partial charge in [-0.2, -0.15) is 0 Å². The van der Waals surface area contributed by atoms with Gasteiger partial charge in [0.05, 0.1) is 0 Å². The first kappa shape index (κ1) is 11.9. The van der Waals surface area contributed by atoms with Crippen LogP contribution in [0.5, 0.6) is 0 Å². The summed E-state index contributed by atoms with van der Waals surface area (Å²) in [6, 6.07) is 10.2. The normalized spacial score (nSPS) is 10.5. The molecule has 0 aliphatic carbocycles. The molecule has 1 aromatic carbocycles. The van der Waals surface area contributed by atoms with Gasteiger partial charge < -0.3 is 4.90 Å². The third kappa shape index (κ3) is 2.24. The van der Waals surface area contributed by atoms with Crippen LogP contribution in [0.1, 0.15) is 13.8 Å². The summed E-state index contributed by atoms with van der Waals surface area (Å²) in [5, 5.41) is 7.15. The maximum Gasteiger partial charge on any atom is 0.230 e. The third-order valence-electron chi connectivity index (χ3n) is 2.68.